The molecule has 0 aromatic heterocycles. The van der Waals surface area contributed by atoms with Gasteiger partial charge in [0.05, 0.1) is 0 Å². The van der Waals surface area contributed by atoms with Gasteiger partial charge in [-0.25, -0.2) is 0 Å². The number of hydrogen-bond acceptors (Lipinski definition) is 2. The van der Waals surface area contributed by atoms with Crippen molar-refractivity contribution in [2.75, 3.05) is 6.54 Å². The number of hydrogen-bond donors (Lipinski definition) is 2. The smallest absolute Gasteiger partial charge is 0.321 e. The van der Waals surface area contributed by atoms with Gasteiger partial charge in [0.2, 0.25) is 0 Å². The highest BCUT2D eigenvalue weighted by Gasteiger charge is 2.20. The molecule has 1 aromatic carbocycles. The van der Waals surface area contributed by atoms with Crippen molar-refractivity contribution in [2.24, 2.45) is 0 Å². The normalized spacial score (nSPS) is 21.0. The quantitative estimate of drug-likeness (QED) is 0.691. The first-order valence-electron chi connectivity index (χ1n) is 4.80. The molecule has 1 aliphatic rings. The van der Waals surface area contributed by atoms with Gasteiger partial charge in [0.25, 0.3) is 0 Å². The maximum Gasteiger partial charge on any atom is 0.321 e. The zero-order valence-corrected chi connectivity index (χ0v) is 7.86. The second-order valence-corrected chi connectivity index (χ2v) is 3.57. The van der Waals surface area contributed by atoms with E-state index in [2.05, 4.69) is 11.4 Å². The molecule has 0 saturated heterocycles. The summed E-state index contributed by atoms with van der Waals surface area (Å²) in [6, 6.07) is 7.61. The van der Waals surface area contributed by atoms with Crippen molar-refractivity contribution in [2.45, 2.75) is 18.9 Å². The van der Waals surface area contributed by atoms with E-state index in [-0.39, 0.29) is 0 Å². The number of carboxylic acid groups (broad SMARTS) is 1. The molecule has 2 rings (SSSR count). The van der Waals surface area contributed by atoms with Crippen LogP contribution in [0.2, 0.25) is 0 Å². The fourth-order valence-corrected chi connectivity index (χ4v) is 1.85. The summed E-state index contributed by atoms with van der Waals surface area (Å²) in [6.45, 7) is 0.744. The Kier molecular flexibility index (Phi) is 2.50. The minimum atomic E-state index is -0.762. The summed E-state index contributed by atoms with van der Waals surface area (Å²) in [6.07, 6.45) is 1.51. The third-order valence-electron chi connectivity index (χ3n) is 2.63. The van der Waals surface area contributed by atoms with Gasteiger partial charge >= 0.3 is 5.97 Å². The van der Waals surface area contributed by atoms with Gasteiger partial charge in [-0.15, -0.1) is 0 Å². The van der Waals surface area contributed by atoms with Crippen LogP contribution in [0.25, 0.3) is 0 Å². The predicted octanol–water partition coefficient (Wildman–Crippen LogP) is 0.828. The van der Waals surface area contributed by atoms with Gasteiger partial charge in [0.15, 0.2) is 0 Å². The second-order valence-electron chi connectivity index (χ2n) is 3.57. The maximum atomic E-state index is 10.9. The molecule has 1 aliphatic heterocycles. The number of nitrogens with one attached hydrogen (secondary N) is 1. The highest BCUT2D eigenvalue weighted by molar-refractivity contribution is 5.74. The first-order valence-corrected chi connectivity index (χ1v) is 4.80. The number of benzene rings is 1. The molecule has 74 valence electrons. The summed E-state index contributed by atoms with van der Waals surface area (Å²) >= 11 is 0. The van der Waals surface area contributed by atoms with Crippen LogP contribution in [0.15, 0.2) is 24.3 Å². The van der Waals surface area contributed by atoms with E-state index in [1.165, 1.54) is 5.56 Å². The van der Waals surface area contributed by atoms with Crippen molar-refractivity contribution in [3.8, 4) is 0 Å². The highest BCUT2D eigenvalue weighted by Crippen LogP contribution is 2.14. The summed E-state index contributed by atoms with van der Waals surface area (Å²) in [5.74, 6) is -0.762. The van der Waals surface area contributed by atoms with Gasteiger partial charge in [-0.1, -0.05) is 24.3 Å². The minimum Gasteiger partial charge on any atom is -0.480 e. The first-order chi connectivity index (χ1) is 6.77. The van der Waals surface area contributed by atoms with E-state index in [9.17, 15) is 4.79 Å². The average Bonchev–Trinajstić information content (AvgIpc) is 2.39. The molecule has 1 atom stereocenters. The summed E-state index contributed by atoms with van der Waals surface area (Å²) in [4.78, 5) is 10.9. The molecule has 0 bridgehead atoms. The van der Waals surface area contributed by atoms with Crippen molar-refractivity contribution in [3.05, 3.63) is 35.4 Å². The van der Waals surface area contributed by atoms with E-state index in [1.54, 1.807) is 0 Å². The average molecular weight is 191 g/mol. The van der Waals surface area contributed by atoms with Crippen molar-refractivity contribution >= 4 is 5.97 Å². The second kappa shape index (κ2) is 3.80. The van der Waals surface area contributed by atoms with Crippen LogP contribution in [0, 0.1) is 0 Å². The summed E-state index contributed by atoms with van der Waals surface area (Å²) in [5.41, 5.74) is 2.42. The Labute approximate surface area is 82.8 Å². The van der Waals surface area contributed by atoms with Crippen molar-refractivity contribution in [1.82, 2.24) is 5.32 Å². The van der Waals surface area contributed by atoms with Crippen LogP contribution in [-0.2, 0) is 17.6 Å². The van der Waals surface area contributed by atoms with Crippen LogP contribution in [0.4, 0.5) is 0 Å². The summed E-state index contributed by atoms with van der Waals surface area (Å²) in [5, 5.41) is 12.0. The minimum absolute atomic E-state index is 0.432. The van der Waals surface area contributed by atoms with Gasteiger partial charge in [0, 0.05) is 0 Å². The zero-order valence-electron chi connectivity index (χ0n) is 7.86. The molecule has 0 saturated carbocycles. The number of aliphatic carboxylic acids is 1. The molecular weight excluding hydrogens is 178 g/mol. The van der Waals surface area contributed by atoms with E-state index >= 15 is 0 Å². The van der Waals surface area contributed by atoms with E-state index in [4.69, 9.17) is 5.11 Å². The number of carboxylic acids is 1. The number of fused-ring (bicyclic) bond motifs is 1. The zero-order chi connectivity index (χ0) is 9.97. The molecule has 0 fully saturated rings. The Morgan fingerprint density at radius 2 is 2.07 bits per heavy atom. The van der Waals surface area contributed by atoms with Crippen LogP contribution in [0.5, 0.6) is 0 Å². The Morgan fingerprint density at radius 3 is 2.79 bits per heavy atom. The van der Waals surface area contributed by atoms with E-state index in [1.807, 2.05) is 18.2 Å². The molecule has 2 N–H and O–H groups in total. The van der Waals surface area contributed by atoms with E-state index < -0.39 is 12.0 Å². The fourth-order valence-electron chi connectivity index (χ4n) is 1.85. The topological polar surface area (TPSA) is 49.3 Å². The highest BCUT2D eigenvalue weighted by atomic mass is 16.4. The molecule has 1 aromatic rings. The van der Waals surface area contributed by atoms with Gasteiger partial charge in [0.1, 0.15) is 6.04 Å². The standard InChI is InChI=1S/C11H13NO2/c13-11(14)10-7-9-4-2-1-3-8(9)5-6-12-10/h1-4,10,12H,5-7H2,(H,13,14)/t10-/m0/s1. The van der Waals surface area contributed by atoms with Crippen LogP contribution < -0.4 is 5.32 Å². The molecule has 1 heterocycles. The molecule has 0 aliphatic carbocycles. The van der Waals surface area contributed by atoms with Crippen LogP contribution >= 0.6 is 0 Å². The van der Waals surface area contributed by atoms with Crippen LogP contribution in [0.1, 0.15) is 11.1 Å². The Hall–Kier alpha value is -1.35. The molecule has 0 spiro atoms. The lowest BCUT2D eigenvalue weighted by atomic mass is 10.0. The summed E-state index contributed by atoms with van der Waals surface area (Å²) < 4.78 is 0. The molecule has 0 radical (unpaired) electrons. The molecule has 3 nitrogen and oxygen atoms in total. The Balaban J connectivity index is 2.26. The van der Waals surface area contributed by atoms with E-state index in [0.717, 1.165) is 18.5 Å². The lowest BCUT2D eigenvalue weighted by molar-refractivity contribution is -0.139. The molecule has 14 heavy (non-hydrogen) atoms. The third kappa shape index (κ3) is 1.77. The number of carbonyl (C=O) groups is 1. The van der Waals surface area contributed by atoms with Crippen molar-refractivity contribution in [3.63, 3.8) is 0 Å². The first kappa shape index (κ1) is 9.21. The lowest BCUT2D eigenvalue weighted by Crippen LogP contribution is -2.37. The van der Waals surface area contributed by atoms with Gasteiger partial charge in [-0.3, -0.25) is 4.79 Å². The molecular formula is C11H13NO2. The SMILES string of the molecule is O=C(O)[C@@H]1Cc2ccccc2CCN1. The Morgan fingerprint density at radius 1 is 1.36 bits per heavy atom. The summed E-state index contributed by atoms with van der Waals surface area (Å²) in [7, 11) is 0. The lowest BCUT2D eigenvalue weighted by Gasteiger charge is -2.10. The van der Waals surface area contributed by atoms with Crippen molar-refractivity contribution < 1.29 is 9.90 Å². The number of rotatable bonds is 1. The predicted molar refractivity (Wildman–Crippen MR) is 53.3 cm³/mol. The largest absolute Gasteiger partial charge is 0.480 e. The molecule has 0 amide bonds. The van der Waals surface area contributed by atoms with Gasteiger partial charge < -0.3 is 10.4 Å². The fraction of sp³-hybridized carbons (Fsp3) is 0.364. The van der Waals surface area contributed by atoms with E-state index in [0.29, 0.717) is 6.42 Å². The van der Waals surface area contributed by atoms with Crippen LogP contribution in [0.3, 0.4) is 0 Å². The third-order valence-corrected chi connectivity index (χ3v) is 2.63. The molecule has 3 heteroatoms. The monoisotopic (exact) mass is 191 g/mol. The maximum absolute atomic E-state index is 10.9. The Bertz CT molecular complexity index is 349. The van der Waals surface area contributed by atoms with Gasteiger partial charge in [-0.2, -0.15) is 0 Å². The van der Waals surface area contributed by atoms with Crippen molar-refractivity contribution in [1.29, 1.82) is 0 Å². The van der Waals surface area contributed by atoms with Crippen LogP contribution in [-0.4, -0.2) is 23.7 Å². The molecule has 0 unspecified atom stereocenters. The van der Waals surface area contributed by atoms with Gasteiger partial charge in [-0.05, 0) is 30.5 Å².